The Kier molecular flexibility index (Phi) is 5.98. The van der Waals surface area contributed by atoms with Crippen LogP contribution in [0.25, 0.3) is 0 Å². The van der Waals surface area contributed by atoms with Crippen LogP contribution in [0.5, 0.6) is 0 Å². The minimum absolute atomic E-state index is 0.161. The topological polar surface area (TPSA) is 73.0 Å². The Bertz CT molecular complexity index is 440. The first-order valence-corrected chi connectivity index (χ1v) is 9.32. The molecule has 7 nitrogen and oxygen atoms in total. The number of carbonyl (C=O) groups excluding carboxylic acids is 1. The van der Waals surface area contributed by atoms with Gasteiger partial charge in [0.15, 0.2) is 0 Å². The Morgan fingerprint density at radius 2 is 1.67 bits per heavy atom. The summed E-state index contributed by atoms with van der Waals surface area (Å²) >= 11 is 0. The van der Waals surface area contributed by atoms with E-state index >= 15 is 0 Å². The van der Waals surface area contributed by atoms with E-state index in [0.717, 1.165) is 32.7 Å². The highest BCUT2D eigenvalue weighted by Gasteiger charge is 2.26. The molecule has 0 aromatic heterocycles. The van der Waals surface area contributed by atoms with Gasteiger partial charge in [-0.25, -0.2) is 8.42 Å². The average molecular weight is 318 g/mol. The van der Waals surface area contributed by atoms with Crippen LogP contribution in [0, 0.1) is 0 Å². The van der Waals surface area contributed by atoms with Crippen LogP contribution in [0.1, 0.15) is 13.3 Å². The Morgan fingerprint density at radius 3 is 2.24 bits per heavy atom. The van der Waals surface area contributed by atoms with Gasteiger partial charge in [-0.1, -0.05) is 0 Å². The van der Waals surface area contributed by atoms with Gasteiger partial charge in [-0.3, -0.25) is 4.79 Å². The molecular weight excluding hydrogens is 292 g/mol. The predicted molar refractivity (Wildman–Crippen MR) is 81.5 cm³/mol. The minimum atomic E-state index is -3.07. The van der Waals surface area contributed by atoms with Crippen molar-refractivity contribution in [3.05, 3.63) is 0 Å². The van der Waals surface area contributed by atoms with Crippen LogP contribution in [0.3, 0.4) is 0 Å². The molecule has 2 saturated heterocycles. The van der Waals surface area contributed by atoms with Crippen molar-refractivity contribution in [1.82, 2.24) is 19.4 Å². The number of sulfonamides is 1. The summed E-state index contributed by atoms with van der Waals surface area (Å²) in [6.45, 7) is 8.25. The second-order valence-corrected chi connectivity index (χ2v) is 7.78. The van der Waals surface area contributed by atoms with Gasteiger partial charge in [-0.05, 0) is 6.92 Å². The Morgan fingerprint density at radius 1 is 1.05 bits per heavy atom. The molecule has 0 bridgehead atoms. The average Bonchev–Trinajstić information content (AvgIpc) is 2.54. The highest BCUT2D eigenvalue weighted by atomic mass is 32.2. The molecule has 0 spiro atoms. The number of carbonyl (C=O) groups is 1. The molecule has 0 saturated carbocycles. The maximum Gasteiger partial charge on any atom is 0.223 e. The molecule has 2 fully saturated rings. The molecule has 0 aromatic carbocycles. The number of hydrogen-bond acceptors (Lipinski definition) is 5. The smallest absolute Gasteiger partial charge is 0.223 e. The summed E-state index contributed by atoms with van der Waals surface area (Å²) in [5.41, 5.74) is 0. The first-order valence-electron chi connectivity index (χ1n) is 7.71. The van der Waals surface area contributed by atoms with Crippen molar-refractivity contribution < 1.29 is 13.2 Å². The number of hydrogen-bond donors (Lipinski definition) is 1. The number of amides is 1. The van der Waals surface area contributed by atoms with Crippen LogP contribution < -0.4 is 5.32 Å². The fourth-order valence-electron chi connectivity index (χ4n) is 2.74. The van der Waals surface area contributed by atoms with Crippen LogP contribution >= 0.6 is 0 Å². The Balaban J connectivity index is 1.70. The molecule has 0 radical (unpaired) electrons. The lowest BCUT2D eigenvalue weighted by molar-refractivity contribution is -0.132. The van der Waals surface area contributed by atoms with Crippen LogP contribution in [-0.2, 0) is 14.8 Å². The predicted octanol–water partition coefficient (Wildman–Crippen LogP) is -1.22. The standard InChI is InChI=1S/C13H26N4O3S/c1-2-21(19,20)17-11-9-15(10-12-17)6-3-13(18)16-7-4-14-5-8-16/h14H,2-12H2,1H3. The molecule has 0 unspecified atom stereocenters. The van der Waals surface area contributed by atoms with Crippen molar-refractivity contribution in [3.8, 4) is 0 Å². The van der Waals surface area contributed by atoms with Gasteiger partial charge < -0.3 is 15.1 Å². The zero-order chi connectivity index (χ0) is 15.3. The monoisotopic (exact) mass is 318 g/mol. The summed E-state index contributed by atoms with van der Waals surface area (Å²) in [5, 5.41) is 3.23. The van der Waals surface area contributed by atoms with Crippen molar-refractivity contribution in [2.24, 2.45) is 0 Å². The quantitative estimate of drug-likeness (QED) is 0.688. The van der Waals surface area contributed by atoms with Gasteiger partial charge in [0, 0.05) is 65.3 Å². The van der Waals surface area contributed by atoms with Crippen LogP contribution in [0.15, 0.2) is 0 Å². The third-order valence-corrected chi connectivity index (χ3v) is 6.08. The lowest BCUT2D eigenvalue weighted by Crippen LogP contribution is -2.50. The fraction of sp³-hybridized carbons (Fsp3) is 0.923. The van der Waals surface area contributed by atoms with Crippen LogP contribution in [0.2, 0.25) is 0 Å². The van der Waals surface area contributed by atoms with Gasteiger partial charge >= 0.3 is 0 Å². The van der Waals surface area contributed by atoms with Crippen LogP contribution in [-0.4, -0.2) is 93.1 Å². The number of nitrogens with one attached hydrogen (secondary N) is 1. The second-order valence-electron chi connectivity index (χ2n) is 5.52. The number of piperazine rings is 2. The molecule has 2 aliphatic heterocycles. The molecule has 2 heterocycles. The van der Waals surface area contributed by atoms with E-state index in [2.05, 4.69) is 10.2 Å². The van der Waals surface area contributed by atoms with Crippen molar-refractivity contribution in [1.29, 1.82) is 0 Å². The van der Waals surface area contributed by atoms with Gasteiger partial charge in [0.1, 0.15) is 0 Å². The molecule has 0 aromatic rings. The third-order valence-electron chi connectivity index (χ3n) is 4.20. The van der Waals surface area contributed by atoms with E-state index in [1.54, 1.807) is 11.2 Å². The lowest BCUT2D eigenvalue weighted by atomic mass is 10.2. The van der Waals surface area contributed by atoms with E-state index in [-0.39, 0.29) is 11.7 Å². The molecular formula is C13H26N4O3S. The maximum atomic E-state index is 12.1. The van der Waals surface area contributed by atoms with E-state index in [9.17, 15) is 13.2 Å². The molecule has 1 N–H and O–H groups in total. The zero-order valence-corrected chi connectivity index (χ0v) is 13.6. The van der Waals surface area contributed by atoms with E-state index in [0.29, 0.717) is 32.6 Å². The van der Waals surface area contributed by atoms with Gasteiger partial charge in [0.05, 0.1) is 5.75 Å². The zero-order valence-electron chi connectivity index (χ0n) is 12.8. The van der Waals surface area contributed by atoms with Gasteiger partial charge in [-0.15, -0.1) is 0 Å². The molecule has 122 valence electrons. The van der Waals surface area contributed by atoms with E-state index < -0.39 is 10.0 Å². The largest absolute Gasteiger partial charge is 0.340 e. The second kappa shape index (κ2) is 7.53. The van der Waals surface area contributed by atoms with E-state index in [1.165, 1.54) is 0 Å². The summed E-state index contributed by atoms with van der Waals surface area (Å²) in [5.74, 6) is 0.370. The van der Waals surface area contributed by atoms with E-state index in [4.69, 9.17) is 0 Å². The van der Waals surface area contributed by atoms with Gasteiger partial charge in [-0.2, -0.15) is 4.31 Å². The molecule has 1 amide bonds. The first kappa shape index (κ1) is 16.7. The summed E-state index contributed by atoms with van der Waals surface area (Å²) in [6.07, 6.45) is 0.528. The van der Waals surface area contributed by atoms with Gasteiger partial charge in [0.2, 0.25) is 15.9 Å². The number of rotatable bonds is 5. The summed E-state index contributed by atoms with van der Waals surface area (Å²) < 4.78 is 25.1. The molecule has 21 heavy (non-hydrogen) atoms. The Hall–Kier alpha value is -0.700. The Labute approximate surface area is 127 Å². The summed E-state index contributed by atoms with van der Waals surface area (Å²) in [4.78, 5) is 16.2. The number of nitrogens with zero attached hydrogens (tertiary/aromatic N) is 3. The minimum Gasteiger partial charge on any atom is -0.340 e. The highest BCUT2D eigenvalue weighted by molar-refractivity contribution is 7.89. The van der Waals surface area contributed by atoms with Crippen molar-refractivity contribution in [3.63, 3.8) is 0 Å². The van der Waals surface area contributed by atoms with Crippen molar-refractivity contribution >= 4 is 15.9 Å². The lowest BCUT2D eigenvalue weighted by Gasteiger charge is -2.34. The fourth-order valence-corrected chi connectivity index (χ4v) is 3.82. The molecule has 2 rings (SSSR count). The maximum absolute atomic E-state index is 12.1. The molecule has 8 heteroatoms. The highest BCUT2D eigenvalue weighted by Crippen LogP contribution is 2.09. The van der Waals surface area contributed by atoms with E-state index in [1.807, 2.05) is 4.90 Å². The van der Waals surface area contributed by atoms with Crippen LogP contribution in [0.4, 0.5) is 0 Å². The van der Waals surface area contributed by atoms with Crippen molar-refractivity contribution in [2.45, 2.75) is 13.3 Å². The summed E-state index contributed by atoms with van der Waals surface area (Å²) in [7, 11) is -3.07. The van der Waals surface area contributed by atoms with Crippen molar-refractivity contribution in [2.75, 3.05) is 64.7 Å². The third kappa shape index (κ3) is 4.64. The normalized spacial score (nSPS) is 22.4. The molecule has 2 aliphatic rings. The molecule has 0 atom stereocenters. The van der Waals surface area contributed by atoms with Gasteiger partial charge in [0.25, 0.3) is 0 Å². The molecule has 0 aliphatic carbocycles. The SMILES string of the molecule is CCS(=O)(=O)N1CCN(CCC(=O)N2CCNCC2)CC1. The summed E-state index contributed by atoms with van der Waals surface area (Å²) in [6, 6.07) is 0. The first-order chi connectivity index (χ1) is 10.0.